The van der Waals surface area contributed by atoms with Crippen LogP contribution in [0.3, 0.4) is 0 Å². The van der Waals surface area contributed by atoms with Crippen LogP contribution in [0.25, 0.3) is 0 Å². The van der Waals surface area contributed by atoms with Crippen LogP contribution in [0, 0.1) is 17.7 Å². The number of methoxy groups -OCH3 is 1. The monoisotopic (exact) mass is 437 g/mol. The zero-order chi connectivity index (χ0) is 22.5. The van der Waals surface area contributed by atoms with E-state index in [0.717, 1.165) is 49.9 Å². The number of hydrogen-bond acceptors (Lipinski definition) is 3. The number of rotatable bonds is 8. The van der Waals surface area contributed by atoms with Gasteiger partial charge in [-0.2, -0.15) is 0 Å². The molecule has 2 fully saturated rings. The largest absolute Gasteiger partial charge is 0.494 e. The van der Waals surface area contributed by atoms with E-state index in [0.29, 0.717) is 29.9 Å². The van der Waals surface area contributed by atoms with E-state index in [1.807, 2.05) is 24.3 Å². The SMILES string of the molecule is COc1cccc([C@@H](C)CC2CC[C@H](c3ccc(C(=O)CC4CCNCC4)cc3)C2)c1F. The van der Waals surface area contributed by atoms with E-state index in [4.69, 9.17) is 4.74 Å². The predicted octanol–water partition coefficient (Wildman–Crippen LogP) is 6.48. The third-order valence-corrected chi connectivity index (χ3v) is 7.61. The van der Waals surface area contributed by atoms with Crippen LogP contribution in [0.4, 0.5) is 4.39 Å². The van der Waals surface area contributed by atoms with Gasteiger partial charge in [0.05, 0.1) is 7.11 Å². The minimum Gasteiger partial charge on any atom is -0.494 e. The van der Waals surface area contributed by atoms with Gasteiger partial charge in [0, 0.05) is 12.0 Å². The molecule has 172 valence electrons. The Hall–Kier alpha value is -2.20. The molecule has 0 bridgehead atoms. The average molecular weight is 438 g/mol. The van der Waals surface area contributed by atoms with Crippen molar-refractivity contribution in [1.29, 1.82) is 0 Å². The van der Waals surface area contributed by atoms with Gasteiger partial charge in [-0.3, -0.25) is 4.79 Å². The minimum absolute atomic E-state index is 0.170. The highest BCUT2D eigenvalue weighted by Crippen LogP contribution is 2.43. The van der Waals surface area contributed by atoms with Crippen molar-refractivity contribution in [2.75, 3.05) is 20.2 Å². The molecule has 0 amide bonds. The van der Waals surface area contributed by atoms with E-state index < -0.39 is 0 Å². The van der Waals surface area contributed by atoms with Crippen molar-refractivity contribution in [3.8, 4) is 5.75 Å². The molecule has 2 aliphatic rings. The summed E-state index contributed by atoms with van der Waals surface area (Å²) < 4.78 is 19.8. The Balaban J connectivity index is 1.31. The Labute approximate surface area is 191 Å². The van der Waals surface area contributed by atoms with Gasteiger partial charge in [-0.05, 0) is 92.5 Å². The average Bonchev–Trinajstić information content (AvgIpc) is 3.28. The van der Waals surface area contributed by atoms with Crippen molar-refractivity contribution in [3.63, 3.8) is 0 Å². The van der Waals surface area contributed by atoms with E-state index >= 15 is 0 Å². The fourth-order valence-corrected chi connectivity index (χ4v) is 5.69. The summed E-state index contributed by atoms with van der Waals surface area (Å²) in [6, 6.07) is 13.8. The lowest BCUT2D eigenvalue weighted by Crippen LogP contribution is -2.28. The van der Waals surface area contributed by atoms with E-state index in [1.54, 1.807) is 6.07 Å². The van der Waals surface area contributed by atoms with Gasteiger partial charge in [0.2, 0.25) is 0 Å². The van der Waals surface area contributed by atoms with Gasteiger partial charge in [-0.15, -0.1) is 0 Å². The minimum atomic E-state index is -0.221. The first-order valence-corrected chi connectivity index (χ1v) is 12.2. The first-order chi connectivity index (χ1) is 15.5. The number of ketones is 1. The lowest BCUT2D eigenvalue weighted by molar-refractivity contribution is 0.0952. The molecule has 2 aromatic rings. The summed E-state index contributed by atoms with van der Waals surface area (Å²) in [5.41, 5.74) is 2.94. The third-order valence-electron chi connectivity index (χ3n) is 7.61. The lowest BCUT2D eigenvalue weighted by atomic mass is 9.87. The standard InChI is InChI=1S/C28H36FNO2/c1-19(25-4-3-5-27(32-2)28(25)29)16-21-6-7-24(17-21)22-8-10-23(11-9-22)26(31)18-20-12-14-30-15-13-20/h3-5,8-11,19-21,24,30H,6-7,12-18H2,1-2H3/t19-,21?,24-/m0/s1. The number of nitrogens with one attached hydrogen (secondary N) is 1. The third kappa shape index (κ3) is 5.40. The second kappa shape index (κ2) is 10.6. The zero-order valence-electron chi connectivity index (χ0n) is 19.4. The van der Waals surface area contributed by atoms with Gasteiger partial charge in [0.1, 0.15) is 0 Å². The van der Waals surface area contributed by atoms with Crippen molar-refractivity contribution in [2.24, 2.45) is 11.8 Å². The summed E-state index contributed by atoms with van der Waals surface area (Å²) in [7, 11) is 1.51. The van der Waals surface area contributed by atoms with Crippen molar-refractivity contribution in [2.45, 2.75) is 63.7 Å². The van der Waals surface area contributed by atoms with Crippen LogP contribution in [0.5, 0.6) is 5.75 Å². The summed E-state index contributed by atoms with van der Waals surface area (Å²) in [5.74, 6) is 2.22. The second-order valence-corrected chi connectivity index (χ2v) is 9.82. The number of hydrogen-bond donors (Lipinski definition) is 1. The lowest BCUT2D eigenvalue weighted by Gasteiger charge is -2.21. The van der Waals surface area contributed by atoms with Gasteiger partial charge >= 0.3 is 0 Å². The maximum absolute atomic E-state index is 14.6. The van der Waals surface area contributed by atoms with Crippen molar-refractivity contribution in [3.05, 3.63) is 65.0 Å². The van der Waals surface area contributed by atoms with Gasteiger partial charge in [0.15, 0.2) is 17.3 Å². The Kier molecular flexibility index (Phi) is 7.62. The van der Waals surface area contributed by atoms with Crippen LogP contribution in [-0.2, 0) is 0 Å². The fourth-order valence-electron chi connectivity index (χ4n) is 5.69. The number of piperidine rings is 1. The van der Waals surface area contributed by atoms with Crippen LogP contribution in [-0.4, -0.2) is 26.0 Å². The van der Waals surface area contributed by atoms with E-state index in [9.17, 15) is 9.18 Å². The van der Waals surface area contributed by atoms with Gasteiger partial charge < -0.3 is 10.1 Å². The molecular formula is C28H36FNO2. The number of benzene rings is 2. The van der Waals surface area contributed by atoms with Crippen molar-refractivity contribution in [1.82, 2.24) is 5.32 Å². The number of carbonyl (C=O) groups excluding carboxylic acids is 1. The molecule has 0 aromatic heterocycles. The number of halogens is 1. The van der Waals surface area contributed by atoms with Crippen LogP contribution >= 0.6 is 0 Å². The Morgan fingerprint density at radius 2 is 1.81 bits per heavy atom. The van der Waals surface area contributed by atoms with Crippen LogP contribution in [0.15, 0.2) is 42.5 Å². The Morgan fingerprint density at radius 3 is 2.53 bits per heavy atom. The molecule has 4 rings (SSSR count). The number of carbonyl (C=O) groups is 1. The van der Waals surface area contributed by atoms with Crippen molar-refractivity contribution < 1.29 is 13.9 Å². The summed E-state index contributed by atoms with van der Waals surface area (Å²) >= 11 is 0. The molecule has 0 radical (unpaired) electrons. The Morgan fingerprint density at radius 1 is 1.06 bits per heavy atom. The molecule has 1 saturated carbocycles. The first-order valence-electron chi connectivity index (χ1n) is 12.2. The van der Waals surface area contributed by atoms with Gasteiger partial charge in [-0.1, -0.05) is 43.3 Å². The van der Waals surface area contributed by atoms with Gasteiger partial charge in [0.25, 0.3) is 0 Å². The molecule has 1 saturated heterocycles. The summed E-state index contributed by atoms with van der Waals surface area (Å²) in [6.07, 6.45) is 7.35. The van der Waals surface area contributed by atoms with Crippen LogP contribution < -0.4 is 10.1 Å². The number of ether oxygens (including phenoxy) is 1. The molecule has 1 unspecified atom stereocenters. The highest BCUT2D eigenvalue weighted by molar-refractivity contribution is 5.96. The molecule has 2 aromatic carbocycles. The first kappa shape index (κ1) is 23.0. The van der Waals surface area contributed by atoms with Gasteiger partial charge in [-0.25, -0.2) is 4.39 Å². The fraction of sp³-hybridized carbons (Fsp3) is 0.536. The topological polar surface area (TPSA) is 38.3 Å². The molecule has 1 aliphatic carbocycles. The van der Waals surface area contributed by atoms with E-state index in [2.05, 4.69) is 24.4 Å². The molecular weight excluding hydrogens is 401 g/mol. The smallest absolute Gasteiger partial charge is 0.168 e. The molecule has 32 heavy (non-hydrogen) atoms. The maximum Gasteiger partial charge on any atom is 0.168 e. The zero-order valence-corrected chi connectivity index (χ0v) is 19.4. The summed E-state index contributed by atoms with van der Waals surface area (Å²) in [4.78, 5) is 12.7. The molecule has 1 aliphatic heterocycles. The second-order valence-electron chi connectivity index (χ2n) is 9.82. The molecule has 1 heterocycles. The highest BCUT2D eigenvalue weighted by Gasteiger charge is 2.28. The predicted molar refractivity (Wildman–Crippen MR) is 127 cm³/mol. The summed E-state index contributed by atoms with van der Waals surface area (Å²) in [5, 5.41) is 3.36. The molecule has 3 atom stereocenters. The van der Waals surface area contributed by atoms with E-state index in [1.165, 1.54) is 25.5 Å². The van der Waals surface area contributed by atoms with Crippen molar-refractivity contribution >= 4 is 5.78 Å². The van der Waals surface area contributed by atoms with E-state index in [-0.39, 0.29) is 17.5 Å². The molecule has 0 spiro atoms. The normalized spacial score (nSPS) is 22.6. The molecule has 1 N–H and O–H groups in total. The van der Waals surface area contributed by atoms with Crippen LogP contribution in [0.2, 0.25) is 0 Å². The molecule has 3 nitrogen and oxygen atoms in total. The quantitative estimate of drug-likeness (QED) is 0.480. The summed E-state index contributed by atoms with van der Waals surface area (Å²) in [6.45, 7) is 4.18. The molecule has 4 heteroatoms. The van der Waals surface area contributed by atoms with Crippen LogP contribution in [0.1, 0.15) is 85.2 Å². The number of Topliss-reactive ketones (excluding diaryl/α,β-unsaturated/α-hetero) is 1. The highest BCUT2D eigenvalue weighted by atomic mass is 19.1. The Bertz CT molecular complexity index is 904. The maximum atomic E-state index is 14.6.